The molecular weight excluding hydrogens is 1020 g/mol. The van der Waals surface area contributed by atoms with Crippen LogP contribution in [0.5, 0.6) is 0 Å². The molecule has 6 nitrogen and oxygen atoms in total. The highest BCUT2D eigenvalue weighted by molar-refractivity contribution is 6.17. The first-order valence-electron chi connectivity index (χ1n) is 28.9. The summed E-state index contributed by atoms with van der Waals surface area (Å²) in [6, 6.07) is 97.8. The third-order valence-corrected chi connectivity index (χ3v) is 18.2. The lowest BCUT2D eigenvalue weighted by molar-refractivity contribution is 0.661. The van der Waals surface area contributed by atoms with Crippen LogP contribution in [0.2, 0.25) is 0 Å². The summed E-state index contributed by atoms with van der Waals surface area (Å²) in [6.07, 6.45) is 2.01. The largest absolute Gasteiger partial charge is 0.456 e. The maximum Gasteiger partial charge on any atom is 0.135 e. The van der Waals surface area contributed by atoms with Crippen molar-refractivity contribution in [1.82, 2.24) is 18.7 Å². The number of fused-ring (bicyclic) bond motifs is 16. The van der Waals surface area contributed by atoms with Gasteiger partial charge in [0.15, 0.2) is 0 Å². The quantitative estimate of drug-likeness (QED) is 0.160. The van der Waals surface area contributed by atoms with Crippen molar-refractivity contribution >= 4 is 115 Å². The van der Waals surface area contributed by atoms with E-state index in [1.165, 1.54) is 60.2 Å². The Morgan fingerprint density at radius 3 is 1.69 bits per heavy atom. The normalized spacial score (nSPS) is 13.0. The summed E-state index contributed by atoms with van der Waals surface area (Å²) in [5.74, 6) is 0. The Hall–Kier alpha value is -11.0. The summed E-state index contributed by atoms with van der Waals surface area (Å²) in [6.45, 7) is 4.75. The van der Waals surface area contributed by atoms with Gasteiger partial charge in [-0.05, 0) is 149 Å². The van der Waals surface area contributed by atoms with E-state index >= 15 is 0 Å². The molecule has 0 unspecified atom stereocenters. The van der Waals surface area contributed by atoms with Crippen LogP contribution in [0.3, 0.4) is 0 Å². The average Bonchev–Trinajstić information content (AvgIpc) is 2.85. The highest BCUT2D eigenvalue weighted by Crippen LogP contribution is 2.52. The summed E-state index contributed by atoms with van der Waals surface area (Å²) in [5.41, 5.74) is 23.1. The van der Waals surface area contributed by atoms with Gasteiger partial charge >= 0.3 is 0 Å². The summed E-state index contributed by atoms with van der Waals surface area (Å²) in [5, 5.41) is 10.5. The number of nitrogens with zero attached hydrogens (tertiary/aromatic N) is 5. The van der Waals surface area contributed by atoms with Crippen molar-refractivity contribution < 1.29 is 4.42 Å². The van der Waals surface area contributed by atoms with E-state index < -0.39 is 0 Å². The van der Waals surface area contributed by atoms with Gasteiger partial charge in [-0.2, -0.15) is 0 Å². The van der Waals surface area contributed by atoms with E-state index in [0.29, 0.717) is 0 Å². The molecule has 0 bridgehead atoms. The molecule has 6 heteroatoms. The lowest BCUT2D eigenvalue weighted by atomic mass is 9.82. The van der Waals surface area contributed by atoms with Gasteiger partial charge in [-0.15, -0.1) is 0 Å². The molecule has 0 spiro atoms. The van der Waals surface area contributed by atoms with Crippen molar-refractivity contribution in [1.29, 1.82) is 0 Å². The van der Waals surface area contributed by atoms with Gasteiger partial charge < -0.3 is 23.0 Å². The molecule has 0 N–H and O–H groups in total. The van der Waals surface area contributed by atoms with Crippen molar-refractivity contribution in [2.45, 2.75) is 19.3 Å². The average molecular weight is 1070 g/mol. The molecular formula is C78H51N5O. The summed E-state index contributed by atoms with van der Waals surface area (Å²) >= 11 is 0. The minimum atomic E-state index is -0.193. The standard InChI is InChI=1S/C78H51N5O/c1-78(2)64-28-14-9-23-54(64)60-46-62-57-26-12-17-31-69(57)83(73(62)47-65(60)78)71-39-40-79-66-43-53(80(50-19-5-3-6-20-50)52-35-36-58-55-24-10-15-29-67(55)81(72(58)44-52)51-21-7-4-8-22-51)45-74(77(66)71)82-68-30-16-11-25-56(68)61-41-48(33-37-70(61)82)49-34-38-76-63(42-49)59-27-13-18-32-75(59)84-76/h3-47H,1-2H3. The second-order valence-electron chi connectivity index (χ2n) is 23.1. The SMILES string of the molecule is CC1(C)c2ccccc2-c2cc3c4ccccc4n(-c4ccnc5cc(N(c6ccccc6)c6ccc7c8ccccc8n(-c8ccccc8)c7c6)cc(-n6c7ccccc7c7cc(-c8ccc9oc%10ccccc%10c9c8)ccc76)c45)c3cc21. The Morgan fingerprint density at radius 1 is 0.345 bits per heavy atom. The zero-order valence-corrected chi connectivity index (χ0v) is 46.1. The molecule has 0 saturated carbocycles. The van der Waals surface area contributed by atoms with Crippen molar-refractivity contribution in [2.24, 2.45) is 0 Å². The van der Waals surface area contributed by atoms with Crippen molar-refractivity contribution in [2.75, 3.05) is 4.90 Å². The fourth-order valence-electron chi connectivity index (χ4n) is 14.4. The number of rotatable bonds is 7. The number of para-hydroxylation sites is 6. The van der Waals surface area contributed by atoms with Crippen LogP contribution in [-0.2, 0) is 5.41 Å². The fraction of sp³-hybridized carbons (Fsp3) is 0.0385. The van der Waals surface area contributed by atoms with Crippen LogP contribution in [0.4, 0.5) is 17.1 Å². The molecule has 0 aliphatic heterocycles. The Kier molecular flexibility index (Phi) is 9.76. The number of anilines is 3. The van der Waals surface area contributed by atoms with Gasteiger partial charge in [-0.3, -0.25) is 4.98 Å². The number of hydrogen-bond donors (Lipinski definition) is 0. The van der Waals surface area contributed by atoms with Gasteiger partial charge in [-0.25, -0.2) is 0 Å². The maximum absolute atomic E-state index is 6.31. The van der Waals surface area contributed by atoms with Gasteiger partial charge in [0.2, 0.25) is 0 Å². The molecule has 1 aliphatic carbocycles. The molecule has 0 radical (unpaired) electrons. The second-order valence-corrected chi connectivity index (χ2v) is 23.1. The van der Waals surface area contributed by atoms with E-state index in [9.17, 15) is 0 Å². The molecule has 5 aromatic heterocycles. The lowest BCUT2D eigenvalue weighted by Crippen LogP contribution is -2.15. The fourth-order valence-corrected chi connectivity index (χ4v) is 14.4. The van der Waals surface area contributed by atoms with Crippen LogP contribution in [0.25, 0.3) is 138 Å². The Labute approximate surface area is 483 Å². The van der Waals surface area contributed by atoms with Crippen LogP contribution in [0, 0.1) is 0 Å². The van der Waals surface area contributed by atoms with Crippen molar-refractivity contribution in [3.8, 4) is 39.3 Å². The third-order valence-electron chi connectivity index (χ3n) is 18.2. The highest BCUT2D eigenvalue weighted by atomic mass is 16.3. The zero-order valence-electron chi connectivity index (χ0n) is 46.1. The van der Waals surface area contributed by atoms with Gasteiger partial charge in [0.1, 0.15) is 11.2 Å². The van der Waals surface area contributed by atoms with Crippen molar-refractivity contribution in [3.05, 3.63) is 284 Å². The van der Waals surface area contributed by atoms with Gasteiger partial charge in [0.25, 0.3) is 0 Å². The molecule has 5 heterocycles. The first-order chi connectivity index (χ1) is 41.4. The van der Waals surface area contributed by atoms with E-state index in [2.05, 4.69) is 287 Å². The summed E-state index contributed by atoms with van der Waals surface area (Å²) in [7, 11) is 0. The molecule has 17 aromatic rings. The topological polar surface area (TPSA) is 44.1 Å². The predicted octanol–water partition coefficient (Wildman–Crippen LogP) is 20.9. The number of pyridine rings is 1. The van der Waals surface area contributed by atoms with Gasteiger partial charge in [0.05, 0.1) is 55.7 Å². The van der Waals surface area contributed by atoms with Crippen molar-refractivity contribution in [3.63, 3.8) is 0 Å². The maximum atomic E-state index is 6.31. The molecule has 0 amide bonds. The van der Waals surface area contributed by atoms with Crippen LogP contribution >= 0.6 is 0 Å². The third kappa shape index (κ3) is 6.65. The molecule has 394 valence electrons. The Bertz CT molecular complexity index is 5600. The minimum Gasteiger partial charge on any atom is -0.456 e. The van der Waals surface area contributed by atoms with Crippen LogP contribution in [0.15, 0.2) is 278 Å². The second kappa shape index (κ2) is 17.5. The van der Waals surface area contributed by atoms with Gasteiger partial charge in [-0.1, -0.05) is 166 Å². The molecule has 0 saturated heterocycles. The first kappa shape index (κ1) is 46.8. The lowest BCUT2D eigenvalue weighted by Gasteiger charge is -2.27. The number of benzene rings is 12. The Balaban J connectivity index is 0.933. The van der Waals surface area contributed by atoms with E-state index in [1.807, 2.05) is 18.3 Å². The predicted molar refractivity (Wildman–Crippen MR) is 350 cm³/mol. The first-order valence-corrected chi connectivity index (χ1v) is 28.9. The molecule has 18 rings (SSSR count). The van der Waals surface area contributed by atoms with E-state index in [-0.39, 0.29) is 5.41 Å². The monoisotopic (exact) mass is 1070 g/mol. The molecule has 12 aromatic carbocycles. The molecule has 0 fully saturated rings. The zero-order chi connectivity index (χ0) is 55.4. The van der Waals surface area contributed by atoms with Gasteiger partial charge in [0, 0.05) is 77.2 Å². The molecule has 1 aliphatic rings. The van der Waals surface area contributed by atoms with Crippen LogP contribution in [0.1, 0.15) is 25.0 Å². The molecule has 0 atom stereocenters. The van der Waals surface area contributed by atoms with E-state index in [1.54, 1.807) is 0 Å². The van der Waals surface area contributed by atoms with Crippen LogP contribution < -0.4 is 4.90 Å². The summed E-state index contributed by atoms with van der Waals surface area (Å²) in [4.78, 5) is 7.86. The smallest absolute Gasteiger partial charge is 0.135 e. The number of aromatic nitrogens is 4. The minimum absolute atomic E-state index is 0.193. The number of furan rings is 1. The van der Waals surface area contributed by atoms with Crippen LogP contribution in [-0.4, -0.2) is 18.7 Å². The Morgan fingerprint density at radius 2 is 0.917 bits per heavy atom. The molecule has 84 heavy (non-hydrogen) atoms. The van der Waals surface area contributed by atoms with E-state index in [0.717, 1.165) is 106 Å². The summed E-state index contributed by atoms with van der Waals surface area (Å²) < 4.78 is 13.7. The number of hydrogen-bond acceptors (Lipinski definition) is 3. The van der Waals surface area contributed by atoms with E-state index in [4.69, 9.17) is 9.40 Å². The highest BCUT2D eigenvalue weighted by Gasteiger charge is 2.36.